The molecule has 4 heteroatoms. The molecule has 23 heavy (non-hydrogen) atoms. The van der Waals surface area contributed by atoms with Crippen molar-refractivity contribution in [2.24, 2.45) is 0 Å². The van der Waals surface area contributed by atoms with Gasteiger partial charge in [0.05, 0.1) is 6.54 Å². The van der Waals surface area contributed by atoms with Crippen LogP contribution in [0.4, 0.5) is 10.1 Å². The third-order valence-electron chi connectivity index (χ3n) is 4.17. The number of hydrogen-bond acceptors (Lipinski definition) is 2. The summed E-state index contributed by atoms with van der Waals surface area (Å²) >= 11 is 0. The predicted molar refractivity (Wildman–Crippen MR) is 89.8 cm³/mol. The smallest absolute Gasteiger partial charge is 0.239 e. The van der Waals surface area contributed by atoms with Gasteiger partial charge in [0.15, 0.2) is 0 Å². The zero-order valence-electron chi connectivity index (χ0n) is 13.1. The summed E-state index contributed by atoms with van der Waals surface area (Å²) in [5, 5.41) is 2.88. The second-order valence-electron chi connectivity index (χ2n) is 5.91. The predicted octanol–water partition coefficient (Wildman–Crippen LogP) is 3.28. The number of halogens is 1. The van der Waals surface area contributed by atoms with Gasteiger partial charge in [-0.2, -0.15) is 0 Å². The van der Waals surface area contributed by atoms with Crippen molar-refractivity contribution in [3.8, 4) is 0 Å². The van der Waals surface area contributed by atoms with Crippen LogP contribution in [0.1, 0.15) is 24.0 Å². The number of carbonyl (C=O) groups excluding carboxylic acids is 1. The first-order valence-electron chi connectivity index (χ1n) is 8.06. The van der Waals surface area contributed by atoms with Crippen molar-refractivity contribution in [2.45, 2.75) is 25.8 Å². The molecule has 0 saturated heterocycles. The molecule has 0 fully saturated rings. The SMILES string of the molecule is O=C(CN1CCCCc2ccccc21)NCc1cccc(F)c1. The second kappa shape index (κ2) is 7.27. The maximum Gasteiger partial charge on any atom is 0.239 e. The fourth-order valence-corrected chi connectivity index (χ4v) is 3.01. The zero-order valence-corrected chi connectivity index (χ0v) is 13.1. The number of rotatable bonds is 4. The summed E-state index contributed by atoms with van der Waals surface area (Å²) in [6.45, 7) is 1.59. The number of carbonyl (C=O) groups is 1. The van der Waals surface area contributed by atoms with E-state index in [1.54, 1.807) is 6.07 Å². The molecular formula is C19H21FN2O. The summed E-state index contributed by atoms with van der Waals surface area (Å²) in [6.07, 6.45) is 3.31. The summed E-state index contributed by atoms with van der Waals surface area (Å²) < 4.78 is 13.2. The normalized spacial score (nSPS) is 14.0. The zero-order chi connectivity index (χ0) is 16.1. The van der Waals surface area contributed by atoms with Crippen LogP contribution in [0.3, 0.4) is 0 Å². The van der Waals surface area contributed by atoms with Gasteiger partial charge in [0.25, 0.3) is 0 Å². The number of hydrogen-bond donors (Lipinski definition) is 1. The molecule has 0 bridgehead atoms. The van der Waals surface area contributed by atoms with Gasteiger partial charge in [-0.25, -0.2) is 4.39 Å². The van der Waals surface area contributed by atoms with Crippen molar-refractivity contribution in [3.63, 3.8) is 0 Å². The first kappa shape index (κ1) is 15.5. The fourth-order valence-electron chi connectivity index (χ4n) is 3.01. The van der Waals surface area contributed by atoms with E-state index >= 15 is 0 Å². The van der Waals surface area contributed by atoms with E-state index in [0.717, 1.165) is 37.1 Å². The summed E-state index contributed by atoms with van der Waals surface area (Å²) in [5.41, 5.74) is 3.24. The molecule has 2 aromatic rings. The van der Waals surface area contributed by atoms with Crippen molar-refractivity contribution >= 4 is 11.6 Å². The van der Waals surface area contributed by atoms with E-state index in [1.165, 1.54) is 17.7 Å². The molecular weight excluding hydrogens is 291 g/mol. The van der Waals surface area contributed by atoms with Gasteiger partial charge in [0.2, 0.25) is 5.91 Å². The Balaban J connectivity index is 1.61. The van der Waals surface area contributed by atoms with E-state index in [1.807, 2.05) is 18.2 Å². The third kappa shape index (κ3) is 4.09. The number of amides is 1. The molecule has 0 atom stereocenters. The molecule has 3 rings (SSSR count). The number of para-hydroxylation sites is 1. The highest BCUT2D eigenvalue weighted by atomic mass is 19.1. The van der Waals surface area contributed by atoms with E-state index in [9.17, 15) is 9.18 Å². The largest absolute Gasteiger partial charge is 0.362 e. The molecule has 0 spiro atoms. The lowest BCUT2D eigenvalue weighted by atomic mass is 10.1. The maximum atomic E-state index is 13.2. The Bertz CT molecular complexity index is 687. The van der Waals surface area contributed by atoms with Crippen molar-refractivity contribution in [2.75, 3.05) is 18.0 Å². The van der Waals surface area contributed by atoms with E-state index in [0.29, 0.717) is 13.1 Å². The Kier molecular flexibility index (Phi) is 4.91. The second-order valence-corrected chi connectivity index (χ2v) is 5.91. The number of benzene rings is 2. The van der Waals surface area contributed by atoms with Crippen LogP contribution in [0.15, 0.2) is 48.5 Å². The molecule has 1 aliphatic heterocycles. The molecule has 1 amide bonds. The monoisotopic (exact) mass is 312 g/mol. The third-order valence-corrected chi connectivity index (χ3v) is 4.17. The number of aryl methyl sites for hydroxylation is 1. The van der Waals surface area contributed by atoms with Gasteiger partial charge < -0.3 is 10.2 Å². The molecule has 3 nitrogen and oxygen atoms in total. The van der Waals surface area contributed by atoms with Gasteiger partial charge in [-0.05, 0) is 48.6 Å². The van der Waals surface area contributed by atoms with Gasteiger partial charge in [-0.15, -0.1) is 0 Å². The van der Waals surface area contributed by atoms with Crippen molar-refractivity contribution in [1.82, 2.24) is 5.32 Å². The molecule has 0 aliphatic carbocycles. The summed E-state index contributed by atoms with van der Waals surface area (Å²) in [6, 6.07) is 14.6. The quantitative estimate of drug-likeness (QED) is 0.939. The van der Waals surface area contributed by atoms with E-state index in [4.69, 9.17) is 0 Å². The standard InChI is InChI=1S/C19H21FN2O/c20-17-9-5-6-15(12-17)13-21-19(23)14-22-11-4-3-8-16-7-1-2-10-18(16)22/h1-2,5-7,9-10,12H,3-4,8,11,13-14H2,(H,21,23). The molecule has 0 saturated carbocycles. The van der Waals surface area contributed by atoms with Crippen LogP contribution in [0.25, 0.3) is 0 Å². The van der Waals surface area contributed by atoms with Crippen LogP contribution in [-0.2, 0) is 17.8 Å². The Morgan fingerprint density at radius 3 is 2.87 bits per heavy atom. The molecule has 0 aromatic heterocycles. The van der Waals surface area contributed by atoms with Crippen molar-refractivity contribution < 1.29 is 9.18 Å². The first-order valence-corrected chi connectivity index (χ1v) is 8.06. The highest BCUT2D eigenvalue weighted by Gasteiger charge is 2.17. The Morgan fingerprint density at radius 1 is 1.13 bits per heavy atom. The van der Waals surface area contributed by atoms with Gasteiger partial charge in [0.1, 0.15) is 5.82 Å². The van der Waals surface area contributed by atoms with Gasteiger partial charge in [-0.1, -0.05) is 30.3 Å². The molecule has 120 valence electrons. The summed E-state index contributed by atoms with van der Waals surface area (Å²) in [5.74, 6) is -0.316. The minimum atomic E-state index is -0.279. The molecule has 0 unspecified atom stereocenters. The van der Waals surface area contributed by atoms with E-state index in [2.05, 4.69) is 22.3 Å². The molecule has 1 heterocycles. The van der Waals surface area contributed by atoms with Crippen LogP contribution < -0.4 is 10.2 Å². The lowest BCUT2D eigenvalue weighted by Gasteiger charge is -2.24. The maximum absolute atomic E-state index is 13.2. The van der Waals surface area contributed by atoms with Crippen molar-refractivity contribution in [3.05, 3.63) is 65.5 Å². The average Bonchev–Trinajstić information content (AvgIpc) is 2.76. The minimum absolute atomic E-state index is 0.0361. The molecule has 1 aliphatic rings. The van der Waals surface area contributed by atoms with Crippen molar-refractivity contribution in [1.29, 1.82) is 0 Å². The lowest BCUT2D eigenvalue weighted by Crippen LogP contribution is -2.37. The summed E-state index contributed by atoms with van der Waals surface area (Å²) in [4.78, 5) is 14.4. The van der Waals surface area contributed by atoms with Gasteiger partial charge >= 0.3 is 0 Å². The summed E-state index contributed by atoms with van der Waals surface area (Å²) in [7, 11) is 0. The van der Waals surface area contributed by atoms with Gasteiger partial charge in [0, 0.05) is 18.8 Å². The topological polar surface area (TPSA) is 32.3 Å². The van der Waals surface area contributed by atoms with E-state index < -0.39 is 0 Å². The average molecular weight is 312 g/mol. The Hall–Kier alpha value is -2.36. The number of nitrogens with one attached hydrogen (secondary N) is 1. The minimum Gasteiger partial charge on any atom is -0.362 e. The Morgan fingerprint density at radius 2 is 2.00 bits per heavy atom. The Labute approximate surface area is 136 Å². The number of anilines is 1. The number of nitrogens with zero attached hydrogens (tertiary/aromatic N) is 1. The van der Waals surface area contributed by atoms with Crippen LogP contribution in [0.2, 0.25) is 0 Å². The molecule has 2 aromatic carbocycles. The molecule has 1 N–H and O–H groups in total. The fraction of sp³-hybridized carbons (Fsp3) is 0.316. The van der Waals surface area contributed by atoms with Crippen LogP contribution in [-0.4, -0.2) is 19.0 Å². The first-order chi connectivity index (χ1) is 11.2. The van der Waals surface area contributed by atoms with E-state index in [-0.39, 0.29) is 11.7 Å². The molecule has 0 radical (unpaired) electrons. The van der Waals surface area contributed by atoms with Crippen LogP contribution >= 0.6 is 0 Å². The van der Waals surface area contributed by atoms with Crippen LogP contribution in [0.5, 0.6) is 0 Å². The highest BCUT2D eigenvalue weighted by molar-refractivity contribution is 5.81. The van der Waals surface area contributed by atoms with Crippen LogP contribution in [0, 0.1) is 5.82 Å². The lowest BCUT2D eigenvalue weighted by molar-refractivity contribution is -0.119. The number of fused-ring (bicyclic) bond motifs is 1. The van der Waals surface area contributed by atoms with Gasteiger partial charge in [-0.3, -0.25) is 4.79 Å². The highest BCUT2D eigenvalue weighted by Crippen LogP contribution is 2.25.